The van der Waals surface area contributed by atoms with Crippen LogP contribution in [0.15, 0.2) is 16.7 Å². The van der Waals surface area contributed by atoms with E-state index in [1.165, 1.54) is 0 Å². The number of hydrogen-bond donors (Lipinski definition) is 1. The van der Waals surface area contributed by atoms with Crippen molar-refractivity contribution < 1.29 is 9.84 Å². The summed E-state index contributed by atoms with van der Waals surface area (Å²) in [4.78, 5) is 6.55. The zero-order chi connectivity index (χ0) is 12.4. The molecule has 0 aliphatic carbocycles. The maximum absolute atomic E-state index is 10.1. The van der Waals surface area contributed by atoms with Gasteiger partial charge in [-0.1, -0.05) is 0 Å². The third kappa shape index (κ3) is 2.46. The van der Waals surface area contributed by atoms with Crippen molar-refractivity contribution >= 4 is 21.6 Å². The molecule has 0 radical (unpaired) electrons. The van der Waals surface area contributed by atoms with Crippen molar-refractivity contribution in [2.75, 3.05) is 25.2 Å². The molecule has 1 aromatic heterocycles. The van der Waals surface area contributed by atoms with Gasteiger partial charge in [0.1, 0.15) is 6.10 Å². The lowest BCUT2D eigenvalue weighted by Crippen LogP contribution is -2.43. The van der Waals surface area contributed by atoms with Crippen LogP contribution in [0.25, 0.3) is 0 Å². The molecule has 1 N–H and O–H groups in total. The second-order valence-corrected chi connectivity index (χ2v) is 5.12. The predicted molar refractivity (Wildman–Crippen MR) is 70.2 cm³/mol. The Hall–Kier alpha value is -0.650. The first kappa shape index (κ1) is 12.8. The number of aromatic nitrogens is 1. The molecule has 5 heteroatoms. The molecule has 2 unspecified atom stereocenters. The summed E-state index contributed by atoms with van der Waals surface area (Å²) in [7, 11) is 1.69. The predicted octanol–water partition coefficient (Wildman–Crippen LogP) is 2.12. The van der Waals surface area contributed by atoms with E-state index in [1.807, 2.05) is 6.07 Å². The molecule has 17 heavy (non-hydrogen) atoms. The highest BCUT2D eigenvalue weighted by Gasteiger charge is 2.31. The zero-order valence-electron chi connectivity index (χ0n) is 10.1. The summed E-state index contributed by atoms with van der Waals surface area (Å²) in [5.74, 6) is 0. The second-order valence-electron chi connectivity index (χ2n) is 4.20. The molecule has 2 rings (SSSR count). The van der Waals surface area contributed by atoms with Gasteiger partial charge in [-0.05, 0) is 28.9 Å². The summed E-state index contributed by atoms with van der Waals surface area (Å²) in [6, 6.07) is 2.22. The number of ether oxygens (including phenoxy) is 1. The Morgan fingerprint density at radius 1 is 1.65 bits per heavy atom. The van der Waals surface area contributed by atoms with Crippen LogP contribution in [0.2, 0.25) is 0 Å². The van der Waals surface area contributed by atoms with Crippen molar-refractivity contribution in [2.24, 2.45) is 0 Å². The number of halogens is 1. The Bertz CT molecular complexity index is 400. The first-order chi connectivity index (χ1) is 8.17. The lowest BCUT2D eigenvalue weighted by atomic mass is 9.97. The van der Waals surface area contributed by atoms with E-state index in [2.05, 4.69) is 32.7 Å². The summed E-state index contributed by atoms with van der Waals surface area (Å²) in [6.07, 6.45) is 1.90. The fraction of sp³-hybridized carbons (Fsp3) is 0.583. The first-order valence-electron chi connectivity index (χ1n) is 5.76. The van der Waals surface area contributed by atoms with Gasteiger partial charge < -0.3 is 14.7 Å². The van der Waals surface area contributed by atoms with Gasteiger partial charge in [-0.25, -0.2) is 0 Å². The van der Waals surface area contributed by atoms with E-state index < -0.39 is 6.10 Å². The normalized spacial score (nSPS) is 23.6. The molecule has 4 nitrogen and oxygen atoms in total. The molecular formula is C12H17BrN2O2. The number of hydrogen-bond acceptors (Lipinski definition) is 4. The molecule has 0 bridgehead atoms. The molecule has 1 aliphatic heterocycles. The van der Waals surface area contributed by atoms with E-state index in [-0.39, 0.29) is 6.04 Å². The quantitative estimate of drug-likeness (QED) is 0.929. The number of aliphatic hydroxyl groups is 1. The van der Waals surface area contributed by atoms with Crippen LogP contribution in [0.1, 0.15) is 25.1 Å². The molecule has 0 fully saturated rings. The van der Waals surface area contributed by atoms with Crippen molar-refractivity contribution in [3.63, 3.8) is 0 Å². The van der Waals surface area contributed by atoms with Gasteiger partial charge in [0.05, 0.1) is 24.0 Å². The van der Waals surface area contributed by atoms with Crippen LogP contribution in [0.5, 0.6) is 0 Å². The van der Waals surface area contributed by atoms with Gasteiger partial charge in [0.25, 0.3) is 0 Å². The highest BCUT2D eigenvalue weighted by molar-refractivity contribution is 9.10. The molecule has 1 aliphatic rings. The van der Waals surface area contributed by atoms with Crippen molar-refractivity contribution in [1.29, 1.82) is 0 Å². The standard InChI is InChI=1S/C12H17BrN2O2/c1-3-15-9(7-17-2)5-11(16)12-10(15)4-8(13)6-14-12/h4,6,9,11,16H,3,5,7H2,1-2H3. The van der Waals surface area contributed by atoms with Crippen molar-refractivity contribution in [3.8, 4) is 0 Å². The molecule has 0 spiro atoms. The highest BCUT2D eigenvalue weighted by Crippen LogP contribution is 2.36. The SMILES string of the molecule is CCN1c2cc(Br)cnc2C(O)CC1COC. The average molecular weight is 301 g/mol. The maximum atomic E-state index is 10.1. The number of pyridine rings is 1. The van der Waals surface area contributed by atoms with Crippen LogP contribution in [0.4, 0.5) is 5.69 Å². The number of anilines is 1. The number of methoxy groups -OCH3 is 1. The van der Waals surface area contributed by atoms with Gasteiger partial charge >= 0.3 is 0 Å². The Balaban J connectivity index is 2.39. The van der Waals surface area contributed by atoms with E-state index in [0.717, 1.165) is 22.4 Å². The van der Waals surface area contributed by atoms with Gasteiger partial charge in [0.2, 0.25) is 0 Å². The van der Waals surface area contributed by atoms with Crippen LogP contribution < -0.4 is 4.90 Å². The third-order valence-corrected chi connectivity index (χ3v) is 3.56. The molecule has 94 valence electrons. The van der Waals surface area contributed by atoms with E-state index >= 15 is 0 Å². The summed E-state index contributed by atoms with van der Waals surface area (Å²) in [5.41, 5.74) is 1.77. The number of aliphatic hydroxyl groups excluding tert-OH is 1. The van der Waals surface area contributed by atoms with Crippen molar-refractivity contribution in [3.05, 3.63) is 22.4 Å². The minimum Gasteiger partial charge on any atom is -0.387 e. The van der Waals surface area contributed by atoms with Gasteiger partial charge in [0.15, 0.2) is 0 Å². The molecular weight excluding hydrogens is 284 g/mol. The molecule has 0 saturated heterocycles. The first-order valence-corrected chi connectivity index (χ1v) is 6.55. The molecule has 0 amide bonds. The lowest BCUT2D eigenvalue weighted by molar-refractivity contribution is 0.108. The number of fused-ring (bicyclic) bond motifs is 1. The van der Waals surface area contributed by atoms with Crippen LogP contribution in [0, 0.1) is 0 Å². The monoisotopic (exact) mass is 300 g/mol. The Morgan fingerprint density at radius 3 is 3.06 bits per heavy atom. The molecule has 0 aromatic carbocycles. The Kier molecular flexibility index (Phi) is 4.01. The molecule has 2 atom stereocenters. The van der Waals surface area contributed by atoms with E-state index in [0.29, 0.717) is 13.0 Å². The molecule has 2 heterocycles. The Morgan fingerprint density at radius 2 is 2.41 bits per heavy atom. The lowest BCUT2D eigenvalue weighted by Gasteiger charge is -2.39. The van der Waals surface area contributed by atoms with Crippen molar-refractivity contribution in [1.82, 2.24) is 4.98 Å². The minimum absolute atomic E-state index is 0.212. The smallest absolute Gasteiger partial charge is 0.100 e. The van der Waals surface area contributed by atoms with E-state index in [4.69, 9.17) is 4.74 Å². The molecule has 0 saturated carbocycles. The highest BCUT2D eigenvalue weighted by atomic mass is 79.9. The number of likely N-dealkylation sites (N-methyl/N-ethyl adjacent to an activating group) is 1. The largest absolute Gasteiger partial charge is 0.387 e. The minimum atomic E-state index is -0.499. The summed E-state index contributed by atoms with van der Waals surface area (Å²) >= 11 is 3.42. The van der Waals surface area contributed by atoms with Crippen LogP contribution in [0.3, 0.4) is 0 Å². The van der Waals surface area contributed by atoms with Gasteiger partial charge in [-0.3, -0.25) is 4.98 Å². The van der Waals surface area contributed by atoms with Crippen molar-refractivity contribution in [2.45, 2.75) is 25.5 Å². The summed E-state index contributed by atoms with van der Waals surface area (Å²) in [6.45, 7) is 3.60. The number of nitrogens with zero attached hydrogens (tertiary/aromatic N) is 2. The van der Waals surface area contributed by atoms with Gasteiger partial charge in [-0.2, -0.15) is 0 Å². The maximum Gasteiger partial charge on any atom is 0.100 e. The summed E-state index contributed by atoms with van der Waals surface area (Å²) in [5, 5.41) is 10.1. The van der Waals surface area contributed by atoms with Gasteiger partial charge in [0, 0.05) is 30.7 Å². The second kappa shape index (κ2) is 5.33. The zero-order valence-corrected chi connectivity index (χ0v) is 11.6. The third-order valence-electron chi connectivity index (χ3n) is 3.12. The fourth-order valence-electron chi connectivity index (χ4n) is 2.40. The summed E-state index contributed by atoms with van der Waals surface area (Å²) < 4.78 is 6.15. The Labute approximate surface area is 110 Å². The van der Waals surface area contributed by atoms with E-state index in [1.54, 1.807) is 13.3 Å². The number of rotatable bonds is 3. The topological polar surface area (TPSA) is 45.6 Å². The van der Waals surface area contributed by atoms with E-state index in [9.17, 15) is 5.11 Å². The van der Waals surface area contributed by atoms with Crippen LogP contribution in [-0.4, -0.2) is 36.4 Å². The van der Waals surface area contributed by atoms with Crippen LogP contribution in [-0.2, 0) is 4.74 Å². The van der Waals surface area contributed by atoms with Gasteiger partial charge in [-0.15, -0.1) is 0 Å². The molecule has 1 aromatic rings. The average Bonchev–Trinajstić information content (AvgIpc) is 2.29. The fourth-order valence-corrected chi connectivity index (χ4v) is 2.72. The van der Waals surface area contributed by atoms with Crippen LogP contribution >= 0.6 is 15.9 Å².